The van der Waals surface area contributed by atoms with Crippen molar-refractivity contribution < 1.29 is 24.2 Å². The van der Waals surface area contributed by atoms with E-state index in [4.69, 9.17) is 10.5 Å². The second-order valence-electron chi connectivity index (χ2n) is 12.7. The number of aromatic hydroxyl groups is 1. The van der Waals surface area contributed by atoms with Gasteiger partial charge < -0.3 is 20.9 Å². The predicted molar refractivity (Wildman–Crippen MR) is 201 cm³/mol. The number of anilines is 1. The van der Waals surface area contributed by atoms with Crippen molar-refractivity contribution in [1.29, 1.82) is 0 Å². The largest absolute Gasteiger partial charge is 0.504 e. The highest BCUT2D eigenvalue weighted by atomic mass is 32.2. The molecule has 0 radical (unpaired) electrons. The molecule has 238 valence electrons. The highest BCUT2D eigenvalue weighted by molar-refractivity contribution is 8.01. The van der Waals surface area contributed by atoms with Crippen LogP contribution in [0.3, 0.4) is 0 Å². The molecule has 3 amide bonds. The Labute approximate surface area is 288 Å². The van der Waals surface area contributed by atoms with Crippen LogP contribution in [0.1, 0.15) is 44.4 Å². The Morgan fingerprint density at radius 1 is 0.938 bits per heavy atom. The molecule has 4 aromatic carbocycles. The molecule has 48 heavy (non-hydrogen) atoms. The first-order valence-corrected chi connectivity index (χ1v) is 16.5. The lowest BCUT2D eigenvalue weighted by atomic mass is 9.32. The molecule has 13 heteroatoms. The van der Waals surface area contributed by atoms with E-state index in [-0.39, 0.29) is 29.5 Å². The molecule has 0 aromatic heterocycles. The van der Waals surface area contributed by atoms with Crippen LogP contribution in [-0.4, -0.2) is 71.9 Å². The van der Waals surface area contributed by atoms with Crippen LogP contribution in [0.5, 0.6) is 11.5 Å². The maximum absolute atomic E-state index is 14.1. The Balaban J connectivity index is 1.39. The zero-order valence-electron chi connectivity index (χ0n) is 27.6. The first-order valence-electron chi connectivity index (χ1n) is 15.5. The first kappa shape index (κ1) is 34.4. The van der Waals surface area contributed by atoms with Crippen molar-refractivity contribution in [3.05, 3.63) is 125 Å². The molecule has 0 saturated carbocycles. The number of benzene rings is 4. The highest BCUT2D eigenvalue weighted by Crippen LogP contribution is 2.47. The van der Waals surface area contributed by atoms with Crippen LogP contribution in [0.4, 0.5) is 5.69 Å². The van der Waals surface area contributed by atoms with Crippen LogP contribution in [0.2, 0.25) is 0 Å². The summed E-state index contributed by atoms with van der Waals surface area (Å²) in [6.07, 6.45) is -0.0505. The van der Waals surface area contributed by atoms with E-state index < -0.39 is 27.1 Å². The normalized spacial score (nSPS) is 16.1. The molecule has 0 aliphatic carbocycles. The van der Waals surface area contributed by atoms with Crippen LogP contribution in [0.15, 0.2) is 97.1 Å². The number of carbonyl (C=O) groups excluding carboxylic acids is 3. The third kappa shape index (κ3) is 7.29. The van der Waals surface area contributed by atoms with Crippen LogP contribution in [0.25, 0.3) is 0 Å². The third-order valence-electron chi connectivity index (χ3n) is 9.06. The average molecular weight is 653 g/mol. The lowest BCUT2D eigenvalue weighted by molar-refractivity contribution is -0.125. The number of thioether (sulfide) groups is 1. The fraction of sp³-hybridized carbons (Fsp3) is 0.171. The fourth-order valence-corrected chi connectivity index (χ4v) is 6.98. The molecule has 1 saturated heterocycles. The number of nitrogens with one attached hydrogen (secondary N) is 1. The second-order valence-corrected chi connectivity index (χ2v) is 14.0. The number of phenols is 1. The summed E-state index contributed by atoms with van der Waals surface area (Å²) in [5.41, 5.74) is 9.83. The van der Waals surface area contributed by atoms with Gasteiger partial charge in [0.15, 0.2) is 11.5 Å². The molecule has 5 rings (SSSR count). The summed E-state index contributed by atoms with van der Waals surface area (Å²) < 4.78 is 5.31. The number of phenolic OH excluding ortho intramolecular Hbond substituents is 1. The van der Waals surface area contributed by atoms with E-state index in [2.05, 4.69) is 17.2 Å². The van der Waals surface area contributed by atoms with E-state index in [0.29, 0.717) is 11.4 Å². The number of hydrogen-bond acceptors (Lipinski definition) is 6. The molecule has 4 N–H and O–H groups in total. The number of primary amides is 1. The zero-order valence-corrected chi connectivity index (χ0v) is 28.4. The van der Waals surface area contributed by atoms with E-state index in [1.54, 1.807) is 41.3 Å². The van der Waals surface area contributed by atoms with Gasteiger partial charge in [0, 0.05) is 28.8 Å². The minimum Gasteiger partial charge on any atom is -0.504 e. The molecule has 0 bridgehead atoms. The summed E-state index contributed by atoms with van der Waals surface area (Å²) >= 11 is 1.39. The molecular formula is C35H35B4N3O5S. The van der Waals surface area contributed by atoms with Gasteiger partial charge in [-0.05, 0) is 65.5 Å². The smallest absolute Gasteiger partial charge is 0.248 e. The van der Waals surface area contributed by atoms with Crippen LogP contribution >= 0.6 is 11.8 Å². The van der Waals surface area contributed by atoms with Crippen LogP contribution < -0.4 is 20.7 Å². The first-order chi connectivity index (χ1) is 22.8. The summed E-state index contributed by atoms with van der Waals surface area (Å²) in [6.45, 7) is 0. The average Bonchev–Trinajstić information content (AvgIpc) is 3.39. The maximum Gasteiger partial charge on any atom is 0.248 e. The fourth-order valence-electron chi connectivity index (χ4n) is 5.53. The van der Waals surface area contributed by atoms with E-state index >= 15 is 0 Å². The number of rotatable bonds is 9. The van der Waals surface area contributed by atoms with Gasteiger partial charge in [0.1, 0.15) is 36.8 Å². The lowest BCUT2D eigenvalue weighted by Gasteiger charge is -2.44. The molecule has 1 heterocycles. The monoisotopic (exact) mass is 653 g/mol. The molecular weight excluding hydrogens is 618 g/mol. The van der Waals surface area contributed by atoms with Gasteiger partial charge in [0.25, 0.3) is 0 Å². The highest BCUT2D eigenvalue weighted by Gasteiger charge is 2.45. The van der Waals surface area contributed by atoms with Crippen molar-refractivity contribution in [1.82, 2.24) is 5.32 Å². The van der Waals surface area contributed by atoms with E-state index in [1.807, 2.05) is 92.0 Å². The standard InChI is InChI=1S/C35H35B4N3O5S/c1-47-28-19-25(16-17-27(28)43)34(36,37)35(38,39)41-30(44)20-29-32(46)42(26-9-5-8-24(18-26)31(40)45)33(48-29)23-14-12-22(13-15-23)11-10-21-6-3-2-4-7-21/h2-9,12-19,29,33,43H,20,36-39H2,1H3,(H2,40,45)(H,41,44)/t29-,33+/m1/s1. The summed E-state index contributed by atoms with van der Waals surface area (Å²) in [7, 11) is 9.36. The molecule has 0 unspecified atom stereocenters. The van der Waals surface area contributed by atoms with Gasteiger partial charge >= 0.3 is 0 Å². The number of carbonyl (C=O) groups is 3. The van der Waals surface area contributed by atoms with Gasteiger partial charge in [-0.15, -0.1) is 11.8 Å². The summed E-state index contributed by atoms with van der Waals surface area (Å²) in [5, 5.41) is 10.8. The van der Waals surface area contributed by atoms with Crippen molar-refractivity contribution >= 4 is 66.6 Å². The van der Waals surface area contributed by atoms with Crippen molar-refractivity contribution in [2.24, 2.45) is 5.73 Å². The topological polar surface area (TPSA) is 122 Å². The number of nitrogens with two attached hydrogens (primary N) is 1. The van der Waals surface area contributed by atoms with Gasteiger partial charge in [-0.2, -0.15) is 0 Å². The number of methoxy groups -OCH3 is 1. The SMILES string of the molecule is BC(B)(NC(=O)C[C@H]1S[C@@H](c2ccc(C#Cc3ccccc3)cc2)N(c2cccc(C(N)=O)c2)C1=O)C(B)(B)c1ccc(O)c(OC)c1. The summed E-state index contributed by atoms with van der Waals surface area (Å²) in [6, 6.07) is 29.2. The number of amides is 3. The number of hydrogen-bond donors (Lipinski definition) is 3. The van der Waals surface area contributed by atoms with Crippen molar-refractivity contribution in [2.75, 3.05) is 12.0 Å². The van der Waals surface area contributed by atoms with Gasteiger partial charge in [0.2, 0.25) is 17.7 Å². The number of nitrogens with zero attached hydrogens (tertiary/aromatic N) is 1. The lowest BCUT2D eigenvalue weighted by Crippen LogP contribution is -2.65. The molecule has 1 aliphatic heterocycles. The van der Waals surface area contributed by atoms with Gasteiger partial charge in [-0.3, -0.25) is 19.3 Å². The van der Waals surface area contributed by atoms with Crippen LogP contribution in [0, 0.1) is 11.8 Å². The van der Waals surface area contributed by atoms with Gasteiger partial charge in [0.05, 0.1) is 12.4 Å². The van der Waals surface area contributed by atoms with Crippen molar-refractivity contribution in [3.8, 4) is 23.3 Å². The van der Waals surface area contributed by atoms with E-state index in [0.717, 1.165) is 22.3 Å². The quantitative estimate of drug-likeness (QED) is 0.180. The van der Waals surface area contributed by atoms with E-state index in [9.17, 15) is 19.5 Å². The second kappa shape index (κ2) is 14.0. The molecule has 0 spiro atoms. The zero-order chi connectivity index (χ0) is 34.6. The van der Waals surface area contributed by atoms with Gasteiger partial charge in [-0.25, -0.2) is 0 Å². The maximum atomic E-state index is 14.1. The molecule has 2 atom stereocenters. The Kier molecular flexibility index (Phi) is 10.1. The van der Waals surface area contributed by atoms with E-state index in [1.165, 1.54) is 18.9 Å². The molecule has 1 aliphatic rings. The Hall–Kier alpha value is -4.94. The minimum atomic E-state index is -0.746. The van der Waals surface area contributed by atoms with Crippen molar-refractivity contribution in [2.45, 2.75) is 27.6 Å². The third-order valence-corrected chi connectivity index (χ3v) is 10.5. The Morgan fingerprint density at radius 2 is 1.60 bits per heavy atom. The number of ether oxygens (including phenoxy) is 1. The summed E-state index contributed by atoms with van der Waals surface area (Å²) in [5.74, 6) is 5.61. The van der Waals surface area contributed by atoms with Crippen LogP contribution in [-0.2, 0) is 14.8 Å². The Bertz CT molecular complexity index is 1910. The summed E-state index contributed by atoms with van der Waals surface area (Å²) in [4.78, 5) is 41.4. The molecule has 1 fully saturated rings. The minimum absolute atomic E-state index is 0.0332. The molecule has 8 nitrogen and oxygen atoms in total. The van der Waals surface area contributed by atoms with Crippen molar-refractivity contribution in [3.63, 3.8) is 0 Å². The predicted octanol–water partition coefficient (Wildman–Crippen LogP) is 0.592. The Morgan fingerprint density at radius 3 is 2.25 bits per heavy atom. The molecule has 4 aromatic rings. The van der Waals surface area contributed by atoms with Gasteiger partial charge in [-0.1, -0.05) is 65.1 Å².